The minimum atomic E-state index is 0.104. The molecule has 4 rings (SSSR count). The topological polar surface area (TPSA) is 48.0 Å². The third-order valence-corrected chi connectivity index (χ3v) is 5.60. The highest BCUT2D eigenvalue weighted by atomic mass is 16.5. The Bertz CT molecular complexity index is 858. The molecule has 1 fully saturated rings. The molecule has 148 valence electrons. The number of carbonyl (C=O) groups is 1. The molecule has 0 aliphatic carbocycles. The SMILES string of the molecule is COc1ccc2c(c1)OC[C@H](Cc1cc(C(C)=O)ccc1N1CCOCC1)C2. The lowest BCUT2D eigenvalue weighted by molar-refractivity contribution is 0.101. The summed E-state index contributed by atoms with van der Waals surface area (Å²) in [6, 6.07) is 12.1. The monoisotopic (exact) mass is 381 g/mol. The number of hydrogen-bond acceptors (Lipinski definition) is 5. The first kappa shape index (κ1) is 18.8. The first-order valence-electron chi connectivity index (χ1n) is 9.90. The molecule has 1 saturated heterocycles. The lowest BCUT2D eigenvalue weighted by Crippen LogP contribution is -2.37. The number of rotatable bonds is 5. The summed E-state index contributed by atoms with van der Waals surface area (Å²) in [5.74, 6) is 2.22. The van der Waals surface area contributed by atoms with Crippen LogP contribution in [-0.2, 0) is 17.6 Å². The Balaban J connectivity index is 1.57. The van der Waals surface area contributed by atoms with Crippen LogP contribution in [0.3, 0.4) is 0 Å². The summed E-state index contributed by atoms with van der Waals surface area (Å²) >= 11 is 0. The van der Waals surface area contributed by atoms with Crippen molar-refractivity contribution in [1.29, 1.82) is 0 Å². The number of ketones is 1. The van der Waals surface area contributed by atoms with Gasteiger partial charge in [0, 0.05) is 36.3 Å². The minimum Gasteiger partial charge on any atom is -0.497 e. The highest BCUT2D eigenvalue weighted by Crippen LogP contribution is 2.34. The van der Waals surface area contributed by atoms with Crippen molar-refractivity contribution in [1.82, 2.24) is 0 Å². The highest BCUT2D eigenvalue weighted by Gasteiger charge is 2.24. The maximum atomic E-state index is 11.9. The van der Waals surface area contributed by atoms with Crippen LogP contribution in [-0.4, -0.2) is 45.8 Å². The number of benzene rings is 2. The Hall–Kier alpha value is -2.53. The van der Waals surface area contributed by atoms with Crippen LogP contribution in [0, 0.1) is 5.92 Å². The smallest absolute Gasteiger partial charge is 0.159 e. The van der Waals surface area contributed by atoms with Gasteiger partial charge in [-0.3, -0.25) is 4.79 Å². The summed E-state index contributed by atoms with van der Waals surface area (Å²) < 4.78 is 16.8. The lowest BCUT2D eigenvalue weighted by atomic mass is 9.89. The quantitative estimate of drug-likeness (QED) is 0.742. The van der Waals surface area contributed by atoms with E-state index in [0.717, 1.165) is 56.2 Å². The van der Waals surface area contributed by atoms with Crippen LogP contribution in [0.5, 0.6) is 11.5 Å². The van der Waals surface area contributed by atoms with Crippen LogP contribution < -0.4 is 14.4 Å². The lowest BCUT2D eigenvalue weighted by Gasteiger charge is -2.32. The summed E-state index contributed by atoms with van der Waals surface area (Å²) in [5, 5.41) is 0. The number of anilines is 1. The molecule has 2 aromatic carbocycles. The van der Waals surface area contributed by atoms with Crippen molar-refractivity contribution in [3.8, 4) is 11.5 Å². The highest BCUT2D eigenvalue weighted by molar-refractivity contribution is 5.94. The van der Waals surface area contributed by atoms with Gasteiger partial charge in [-0.2, -0.15) is 0 Å². The van der Waals surface area contributed by atoms with E-state index in [1.54, 1.807) is 14.0 Å². The van der Waals surface area contributed by atoms with Gasteiger partial charge in [-0.25, -0.2) is 0 Å². The number of nitrogens with zero attached hydrogens (tertiary/aromatic N) is 1. The van der Waals surface area contributed by atoms with Crippen molar-refractivity contribution in [2.75, 3.05) is 44.9 Å². The molecule has 0 unspecified atom stereocenters. The number of ether oxygens (including phenoxy) is 3. The van der Waals surface area contributed by atoms with E-state index < -0.39 is 0 Å². The molecule has 28 heavy (non-hydrogen) atoms. The molecule has 2 heterocycles. The van der Waals surface area contributed by atoms with Gasteiger partial charge in [-0.1, -0.05) is 6.07 Å². The second kappa shape index (κ2) is 8.23. The van der Waals surface area contributed by atoms with E-state index in [0.29, 0.717) is 12.5 Å². The van der Waals surface area contributed by atoms with Gasteiger partial charge in [-0.15, -0.1) is 0 Å². The molecule has 2 aliphatic heterocycles. The first-order valence-corrected chi connectivity index (χ1v) is 9.90. The molecule has 2 aliphatic rings. The van der Waals surface area contributed by atoms with Crippen LogP contribution in [0.25, 0.3) is 0 Å². The molecule has 5 heteroatoms. The van der Waals surface area contributed by atoms with Crippen molar-refractivity contribution in [2.24, 2.45) is 5.92 Å². The Kier molecular flexibility index (Phi) is 5.53. The summed E-state index contributed by atoms with van der Waals surface area (Å²) in [5.41, 5.74) is 4.43. The number of Topliss-reactive ketones (excluding diaryl/α,β-unsaturated/α-hetero) is 1. The standard InChI is InChI=1S/C23H27NO4/c1-16(25)18-4-6-22(24-7-9-27-10-8-24)20(13-18)12-17-11-19-3-5-21(26-2)14-23(19)28-15-17/h3-6,13-14,17H,7-12,15H2,1-2H3/t17-/m0/s1. The van der Waals surface area contributed by atoms with Crippen molar-refractivity contribution >= 4 is 11.5 Å². The fourth-order valence-corrected chi connectivity index (χ4v) is 4.07. The first-order chi connectivity index (χ1) is 13.6. The molecule has 1 atom stereocenters. The summed E-state index contributed by atoms with van der Waals surface area (Å²) in [4.78, 5) is 14.3. The van der Waals surface area contributed by atoms with E-state index in [1.165, 1.54) is 16.8 Å². The average Bonchev–Trinajstić information content (AvgIpc) is 2.74. The fourth-order valence-electron chi connectivity index (χ4n) is 4.07. The molecule has 0 N–H and O–H groups in total. The molecule has 0 saturated carbocycles. The molecule has 0 bridgehead atoms. The average molecular weight is 381 g/mol. The molecular weight excluding hydrogens is 354 g/mol. The number of methoxy groups -OCH3 is 1. The normalized spacial score (nSPS) is 18.9. The van der Waals surface area contributed by atoms with Crippen molar-refractivity contribution in [2.45, 2.75) is 19.8 Å². The van der Waals surface area contributed by atoms with E-state index >= 15 is 0 Å². The summed E-state index contributed by atoms with van der Waals surface area (Å²) in [6.45, 7) is 5.56. The molecule has 0 radical (unpaired) electrons. The van der Waals surface area contributed by atoms with Gasteiger partial charge >= 0.3 is 0 Å². The Morgan fingerprint density at radius 3 is 2.75 bits per heavy atom. The van der Waals surface area contributed by atoms with Crippen molar-refractivity contribution in [3.63, 3.8) is 0 Å². The Labute approximate surface area is 166 Å². The van der Waals surface area contributed by atoms with Crippen LogP contribution in [0.15, 0.2) is 36.4 Å². The predicted molar refractivity (Wildman–Crippen MR) is 109 cm³/mol. The molecule has 0 spiro atoms. The van der Waals surface area contributed by atoms with Crippen molar-refractivity contribution in [3.05, 3.63) is 53.1 Å². The van der Waals surface area contributed by atoms with Crippen LogP contribution in [0.4, 0.5) is 5.69 Å². The number of hydrogen-bond donors (Lipinski definition) is 0. The van der Waals surface area contributed by atoms with Gasteiger partial charge in [0.1, 0.15) is 11.5 Å². The zero-order chi connectivity index (χ0) is 19.5. The Morgan fingerprint density at radius 2 is 2.00 bits per heavy atom. The van der Waals surface area contributed by atoms with E-state index in [4.69, 9.17) is 14.2 Å². The summed E-state index contributed by atoms with van der Waals surface area (Å²) in [6.07, 6.45) is 1.85. The fraction of sp³-hybridized carbons (Fsp3) is 0.435. The number of fused-ring (bicyclic) bond motifs is 1. The molecule has 5 nitrogen and oxygen atoms in total. The van der Waals surface area contributed by atoms with Gasteiger partial charge in [-0.05, 0) is 55.2 Å². The van der Waals surface area contributed by atoms with E-state index in [-0.39, 0.29) is 5.78 Å². The largest absolute Gasteiger partial charge is 0.497 e. The predicted octanol–water partition coefficient (Wildman–Crippen LogP) is 3.53. The van der Waals surface area contributed by atoms with Crippen LogP contribution in [0.1, 0.15) is 28.4 Å². The zero-order valence-corrected chi connectivity index (χ0v) is 16.6. The van der Waals surface area contributed by atoms with Gasteiger partial charge in [0.15, 0.2) is 5.78 Å². The van der Waals surface area contributed by atoms with Crippen LogP contribution >= 0.6 is 0 Å². The number of morpholine rings is 1. The van der Waals surface area contributed by atoms with E-state index in [9.17, 15) is 4.79 Å². The third-order valence-electron chi connectivity index (χ3n) is 5.60. The second-order valence-corrected chi connectivity index (χ2v) is 7.56. The summed E-state index contributed by atoms with van der Waals surface area (Å²) in [7, 11) is 1.67. The van der Waals surface area contributed by atoms with Gasteiger partial charge in [0.2, 0.25) is 0 Å². The second-order valence-electron chi connectivity index (χ2n) is 7.56. The molecule has 0 aromatic heterocycles. The number of carbonyl (C=O) groups excluding carboxylic acids is 1. The van der Waals surface area contributed by atoms with Gasteiger partial charge in [0.25, 0.3) is 0 Å². The van der Waals surface area contributed by atoms with Gasteiger partial charge < -0.3 is 19.1 Å². The minimum absolute atomic E-state index is 0.104. The maximum absolute atomic E-state index is 11.9. The molecule has 0 amide bonds. The maximum Gasteiger partial charge on any atom is 0.159 e. The van der Waals surface area contributed by atoms with Crippen molar-refractivity contribution < 1.29 is 19.0 Å². The third kappa shape index (κ3) is 3.99. The Morgan fingerprint density at radius 1 is 1.18 bits per heavy atom. The molecular formula is C23H27NO4. The zero-order valence-electron chi connectivity index (χ0n) is 16.6. The van der Waals surface area contributed by atoms with E-state index in [2.05, 4.69) is 23.1 Å². The van der Waals surface area contributed by atoms with E-state index in [1.807, 2.05) is 18.2 Å². The van der Waals surface area contributed by atoms with Crippen LogP contribution in [0.2, 0.25) is 0 Å². The molecule has 2 aromatic rings. The van der Waals surface area contributed by atoms with Gasteiger partial charge in [0.05, 0.1) is 26.9 Å².